The van der Waals surface area contributed by atoms with Crippen LogP contribution in [0.2, 0.25) is 0 Å². The lowest BCUT2D eigenvalue weighted by molar-refractivity contribution is -0.131. The molecule has 0 spiro atoms. The molecule has 1 aromatic heterocycles. The summed E-state index contributed by atoms with van der Waals surface area (Å²) in [4.78, 5) is 25.2. The van der Waals surface area contributed by atoms with E-state index in [1.807, 2.05) is 0 Å². The van der Waals surface area contributed by atoms with Crippen molar-refractivity contribution in [2.75, 3.05) is 0 Å². The van der Waals surface area contributed by atoms with Crippen molar-refractivity contribution >= 4 is 17.8 Å². The molecule has 0 aliphatic heterocycles. The number of hydrogen-bond donors (Lipinski definition) is 3. The fraction of sp³-hybridized carbons (Fsp3) is 0.0714. The molecule has 0 saturated heterocycles. The Balaban J connectivity index is 2.63. The predicted octanol–water partition coefficient (Wildman–Crippen LogP) is -0.732. The maximum absolute atomic E-state index is 12.0. The van der Waals surface area contributed by atoms with Gasteiger partial charge >= 0.3 is 5.97 Å². The molecule has 6 heteroatoms. The second kappa shape index (κ2) is 5.34. The molecule has 0 bridgehead atoms. The van der Waals surface area contributed by atoms with Gasteiger partial charge in [-0.25, -0.2) is 4.79 Å². The monoisotopic (exact) mass is 272 g/mol. The van der Waals surface area contributed by atoms with Crippen molar-refractivity contribution in [1.29, 1.82) is 0 Å². The van der Waals surface area contributed by atoms with Gasteiger partial charge in [-0.3, -0.25) is 9.36 Å². The fourth-order valence-electron chi connectivity index (χ4n) is 1.65. The summed E-state index contributed by atoms with van der Waals surface area (Å²) < 4.78 is 1.27. The number of hydrogen-bond acceptors (Lipinski definition) is 3. The van der Waals surface area contributed by atoms with Crippen LogP contribution >= 0.6 is 0 Å². The zero-order valence-electron chi connectivity index (χ0n) is 10.6. The third kappa shape index (κ3) is 2.88. The fourth-order valence-corrected chi connectivity index (χ4v) is 1.65. The molecule has 1 heterocycles. The molecule has 3 N–H and O–H groups in total. The molecule has 0 aliphatic carbocycles. The molecule has 0 atom stereocenters. The normalized spacial score (nSPS) is 11.2. The van der Waals surface area contributed by atoms with E-state index >= 15 is 0 Å². The Morgan fingerprint density at radius 2 is 2.00 bits per heavy atom. The van der Waals surface area contributed by atoms with Crippen molar-refractivity contribution in [3.8, 4) is 5.75 Å². The van der Waals surface area contributed by atoms with Crippen LogP contribution in [0.4, 0.5) is 0 Å². The Morgan fingerprint density at radius 1 is 1.35 bits per heavy atom. The Morgan fingerprint density at radius 3 is 2.60 bits per heavy atom. The second-order valence-corrected chi connectivity index (χ2v) is 4.11. The number of nitrogens with zero attached hydrogens (tertiary/aromatic N) is 1. The summed E-state index contributed by atoms with van der Waals surface area (Å²) in [5.74, 6) is -1.00. The first kappa shape index (κ1) is 13.5. The number of carboxylic acids is 1. The molecular weight excluding hydrogens is 260 g/mol. The van der Waals surface area contributed by atoms with Crippen LogP contribution in [-0.2, 0) is 11.8 Å². The summed E-state index contributed by atoms with van der Waals surface area (Å²) in [5, 5.41) is 18.0. The highest BCUT2D eigenvalue weighted by Crippen LogP contribution is 2.09. The first-order valence-corrected chi connectivity index (χ1v) is 5.73. The molecule has 0 aliphatic rings. The van der Waals surface area contributed by atoms with Gasteiger partial charge in [0.2, 0.25) is 0 Å². The van der Waals surface area contributed by atoms with Crippen LogP contribution in [0.1, 0.15) is 5.56 Å². The van der Waals surface area contributed by atoms with Crippen molar-refractivity contribution in [2.45, 2.75) is 0 Å². The molecule has 6 nitrogen and oxygen atoms in total. The number of aromatic nitrogens is 2. The van der Waals surface area contributed by atoms with Crippen LogP contribution in [-0.4, -0.2) is 25.7 Å². The van der Waals surface area contributed by atoms with E-state index in [1.54, 1.807) is 18.2 Å². The smallest absolute Gasteiger partial charge is 0.336 e. The van der Waals surface area contributed by atoms with Gasteiger partial charge in [-0.2, -0.15) is 0 Å². The zero-order chi connectivity index (χ0) is 14.7. The Kier molecular flexibility index (Phi) is 3.59. The number of imidazole rings is 1. The molecule has 102 valence electrons. The number of nitrogens with one attached hydrogen (secondary N) is 1. The number of rotatable bonds is 2. The average molecular weight is 272 g/mol. The van der Waals surface area contributed by atoms with E-state index in [0.29, 0.717) is 5.35 Å². The van der Waals surface area contributed by atoms with Gasteiger partial charge in [-0.05, 0) is 23.8 Å². The number of phenols is 1. The highest BCUT2D eigenvalue weighted by atomic mass is 16.4. The number of benzene rings is 1. The van der Waals surface area contributed by atoms with E-state index in [4.69, 9.17) is 5.11 Å². The molecule has 0 radical (unpaired) electrons. The summed E-state index contributed by atoms with van der Waals surface area (Å²) in [6.07, 6.45) is 2.43. The average Bonchev–Trinajstić information content (AvgIpc) is 2.67. The van der Waals surface area contributed by atoms with E-state index in [-0.39, 0.29) is 16.8 Å². The lowest BCUT2D eigenvalue weighted by Gasteiger charge is -1.92. The minimum Gasteiger partial charge on any atom is -0.508 e. The lowest BCUT2D eigenvalue weighted by atomic mass is 10.2. The molecule has 2 rings (SSSR count). The molecule has 0 saturated carbocycles. The van der Waals surface area contributed by atoms with Crippen LogP contribution < -0.4 is 16.4 Å². The minimum absolute atomic E-state index is 0.139. The zero-order valence-corrected chi connectivity index (χ0v) is 10.6. The quantitative estimate of drug-likeness (QED) is 0.628. The first-order chi connectivity index (χ1) is 9.47. The third-order valence-corrected chi connectivity index (χ3v) is 2.66. The molecule has 0 fully saturated rings. The van der Waals surface area contributed by atoms with Gasteiger partial charge in [0.1, 0.15) is 11.1 Å². The van der Waals surface area contributed by atoms with Crippen molar-refractivity contribution in [1.82, 2.24) is 9.55 Å². The summed E-state index contributed by atoms with van der Waals surface area (Å²) in [6.45, 7) is 0. The highest BCUT2D eigenvalue weighted by Gasteiger charge is 1.98. The summed E-state index contributed by atoms with van der Waals surface area (Å²) in [5.41, 5.74) is 3.20. The summed E-state index contributed by atoms with van der Waals surface area (Å²) >= 11 is 0. The van der Waals surface area contributed by atoms with E-state index in [2.05, 4.69) is 10.7 Å². The van der Waals surface area contributed by atoms with Crippen molar-refractivity contribution in [3.63, 3.8) is 0 Å². The van der Waals surface area contributed by atoms with Gasteiger partial charge in [-0.1, -0.05) is 17.9 Å². The van der Waals surface area contributed by atoms with E-state index in [0.717, 1.165) is 11.6 Å². The summed E-state index contributed by atoms with van der Waals surface area (Å²) in [6, 6.07) is 6.34. The molecular formula is C14H12N2O4. The van der Waals surface area contributed by atoms with E-state index < -0.39 is 5.97 Å². The maximum Gasteiger partial charge on any atom is 0.336 e. The number of carbonyl (C=O) groups is 1. The van der Waals surface area contributed by atoms with Crippen LogP contribution in [0.15, 0.2) is 35.1 Å². The summed E-state index contributed by atoms with van der Waals surface area (Å²) in [7, 11) is 1.52. The van der Waals surface area contributed by atoms with Gasteiger partial charge in [-0.15, -0.1) is 0 Å². The number of aromatic amines is 1. The van der Waals surface area contributed by atoms with Crippen molar-refractivity contribution in [2.24, 2.45) is 7.05 Å². The molecule has 1 aromatic carbocycles. The third-order valence-electron chi connectivity index (χ3n) is 2.66. The van der Waals surface area contributed by atoms with E-state index in [1.165, 1.54) is 23.7 Å². The lowest BCUT2D eigenvalue weighted by Crippen LogP contribution is -2.28. The van der Waals surface area contributed by atoms with Crippen LogP contribution in [0.5, 0.6) is 5.75 Å². The number of phenolic OH excluding ortho intramolecular Hbond substituents is 1. The first-order valence-electron chi connectivity index (χ1n) is 5.73. The molecule has 20 heavy (non-hydrogen) atoms. The molecule has 0 amide bonds. The standard InChI is InChI=1S/C14H12N2O4/c1-16-12(6-7-13(18)19)15-11(14(16)20)8-9-2-4-10(17)5-3-9/h2-5,7-8,15,17H,1H3,(H,18,19). The topological polar surface area (TPSA) is 95.3 Å². The van der Waals surface area contributed by atoms with Gasteiger partial charge in [0.25, 0.3) is 5.56 Å². The van der Waals surface area contributed by atoms with Crippen molar-refractivity contribution in [3.05, 3.63) is 57.1 Å². The number of carboxylic acid groups (broad SMARTS) is 1. The van der Waals surface area contributed by atoms with E-state index in [9.17, 15) is 14.7 Å². The molecule has 0 unspecified atom stereocenters. The largest absolute Gasteiger partial charge is 0.508 e. The number of aromatic hydroxyl groups is 1. The predicted molar refractivity (Wildman–Crippen MR) is 72.6 cm³/mol. The minimum atomic E-state index is -1.14. The van der Waals surface area contributed by atoms with Crippen molar-refractivity contribution < 1.29 is 15.0 Å². The number of H-pyrrole nitrogens is 1. The van der Waals surface area contributed by atoms with Gasteiger partial charge in [0, 0.05) is 7.05 Å². The maximum atomic E-state index is 12.0. The van der Waals surface area contributed by atoms with Crippen LogP contribution in [0.3, 0.4) is 0 Å². The Bertz CT molecular complexity index is 850. The SMILES string of the molecule is Cn1c(=C=CC(=O)O)[nH]c(=Cc2ccc(O)cc2)c1=O. The van der Waals surface area contributed by atoms with Crippen LogP contribution in [0, 0.1) is 0 Å². The van der Waals surface area contributed by atoms with Gasteiger partial charge < -0.3 is 15.2 Å². The molecule has 2 aromatic rings. The second-order valence-electron chi connectivity index (χ2n) is 4.11. The van der Waals surface area contributed by atoms with Gasteiger partial charge in [0.15, 0.2) is 5.48 Å². The van der Waals surface area contributed by atoms with Crippen LogP contribution in [0.25, 0.3) is 11.8 Å². The Labute approximate surface area is 113 Å². The van der Waals surface area contributed by atoms with Gasteiger partial charge in [0.05, 0.1) is 6.08 Å². The Hall–Kier alpha value is -2.98. The number of aliphatic carboxylic acids is 1. The highest BCUT2D eigenvalue weighted by molar-refractivity contribution is 5.82.